The third-order valence-corrected chi connectivity index (χ3v) is 7.18. The molecule has 0 spiro atoms. The van der Waals surface area contributed by atoms with Gasteiger partial charge in [-0.1, -0.05) is 41.4 Å². The summed E-state index contributed by atoms with van der Waals surface area (Å²) in [5.74, 6) is -0.569. The summed E-state index contributed by atoms with van der Waals surface area (Å²) in [7, 11) is 1.56. The summed E-state index contributed by atoms with van der Waals surface area (Å²) in [5.41, 5.74) is 2.43. The molecule has 9 heteroatoms. The molecule has 0 radical (unpaired) electrons. The molecule has 6 nitrogen and oxygen atoms in total. The monoisotopic (exact) mass is 553 g/mol. The van der Waals surface area contributed by atoms with E-state index in [1.807, 2.05) is 24.3 Å². The van der Waals surface area contributed by atoms with Gasteiger partial charge in [-0.15, -0.1) is 0 Å². The van der Waals surface area contributed by atoms with Crippen LogP contribution in [0.1, 0.15) is 19.4 Å². The number of ether oxygens (including phenoxy) is 1. The Hall–Kier alpha value is -3.39. The quantitative estimate of drug-likeness (QED) is 0.187. The van der Waals surface area contributed by atoms with Crippen LogP contribution in [0.2, 0.25) is 10.0 Å². The van der Waals surface area contributed by atoms with E-state index in [4.69, 9.17) is 40.2 Å². The van der Waals surface area contributed by atoms with Crippen molar-refractivity contribution in [2.75, 3.05) is 34.9 Å². The van der Waals surface area contributed by atoms with Crippen molar-refractivity contribution in [2.24, 2.45) is 0 Å². The Balaban J connectivity index is 1.87. The molecule has 1 aliphatic rings. The lowest BCUT2D eigenvalue weighted by molar-refractivity contribution is -0.120. The Kier molecular flexibility index (Phi) is 8.17. The maximum atomic E-state index is 13.8. The first-order chi connectivity index (χ1) is 17.8. The molecule has 0 aromatic heterocycles. The number of benzene rings is 3. The fourth-order valence-electron chi connectivity index (χ4n) is 4.15. The average Bonchev–Trinajstić information content (AvgIpc) is 2.90. The second-order valence-electron chi connectivity index (χ2n) is 8.15. The fraction of sp³-hybridized carbons (Fsp3) is 0.179. The van der Waals surface area contributed by atoms with Gasteiger partial charge in [-0.3, -0.25) is 19.4 Å². The van der Waals surface area contributed by atoms with Gasteiger partial charge in [0.05, 0.1) is 28.5 Å². The smallest absolute Gasteiger partial charge is 0.270 e. The summed E-state index contributed by atoms with van der Waals surface area (Å²) in [4.78, 5) is 32.3. The Bertz CT molecular complexity index is 1390. The number of rotatable bonds is 7. The maximum Gasteiger partial charge on any atom is 0.270 e. The second kappa shape index (κ2) is 11.3. The van der Waals surface area contributed by atoms with E-state index in [-0.39, 0.29) is 15.7 Å². The van der Waals surface area contributed by atoms with E-state index in [1.165, 1.54) is 15.9 Å². The highest BCUT2D eigenvalue weighted by Crippen LogP contribution is 2.34. The minimum Gasteiger partial charge on any atom is -0.496 e. The predicted octanol–water partition coefficient (Wildman–Crippen LogP) is 6.60. The number of anilines is 3. The maximum absolute atomic E-state index is 13.8. The number of hydrogen-bond donors (Lipinski definition) is 0. The zero-order chi connectivity index (χ0) is 26.7. The summed E-state index contributed by atoms with van der Waals surface area (Å²) >= 11 is 18.0. The lowest BCUT2D eigenvalue weighted by Gasteiger charge is -2.36. The third-order valence-electron chi connectivity index (χ3n) is 6.07. The van der Waals surface area contributed by atoms with E-state index in [0.717, 1.165) is 18.8 Å². The molecular weight excluding hydrogens is 529 g/mol. The van der Waals surface area contributed by atoms with E-state index in [1.54, 1.807) is 49.6 Å². The van der Waals surface area contributed by atoms with E-state index in [0.29, 0.717) is 27.7 Å². The van der Waals surface area contributed by atoms with Crippen LogP contribution in [0.4, 0.5) is 17.1 Å². The summed E-state index contributed by atoms with van der Waals surface area (Å²) in [5, 5.41) is 0.614. The first-order valence-corrected chi connectivity index (χ1v) is 12.8. The van der Waals surface area contributed by atoms with Crippen molar-refractivity contribution < 1.29 is 14.3 Å². The number of carbonyl (C=O) groups excluding carboxylic acids is 2. The van der Waals surface area contributed by atoms with Crippen molar-refractivity contribution in [2.45, 2.75) is 13.8 Å². The van der Waals surface area contributed by atoms with Crippen LogP contribution >= 0.6 is 35.4 Å². The molecule has 4 rings (SSSR count). The zero-order valence-electron chi connectivity index (χ0n) is 20.6. The second-order valence-corrected chi connectivity index (χ2v) is 9.33. The molecule has 0 bridgehead atoms. The molecule has 2 amide bonds. The number of amides is 2. The van der Waals surface area contributed by atoms with Gasteiger partial charge >= 0.3 is 0 Å². The Labute approximate surface area is 231 Å². The average molecular weight is 554 g/mol. The van der Waals surface area contributed by atoms with Gasteiger partial charge < -0.3 is 9.64 Å². The standard InChI is InChI=1S/C28H25Cl2N3O3S/c1-4-31(5-2)20-12-11-18(25(17-20)36-3)15-22-26(34)32(19-9-7-6-8-10-19)28(37)33(27(22)35)21-13-14-23(29)24(30)16-21/h6-17H,4-5H2,1-3H3/b22-15+. The number of nitrogens with zero attached hydrogens (tertiary/aromatic N) is 3. The normalized spacial score (nSPS) is 14.9. The molecule has 1 aliphatic heterocycles. The molecule has 3 aromatic carbocycles. The van der Waals surface area contributed by atoms with Crippen LogP contribution in [0, 0.1) is 0 Å². The van der Waals surface area contributed by atoms with E-state index in [9.17, 15) is 9.59 Å². The highest BCUT2D eigenvalue weighted by Gasteiger charge is 2.41. The van der Waals surface area contributed by atoms with Crippen LogP contribution in [-0.2, 0) is 9.59 Å². The molecule has 190 valence electrons. The summed E-state index contributed by atoms with van der Waals surface area (Å²) in [6, 6.07) is 19.4. The van der Waals surface area contributed by atoms with Crippen LogP contribution in [-0.4, -0.2) is 37.1 Å². The van der Waals surface area contributed by atoms with Crippen molar-refractivity contribution in [3.8, 4) is 5.75 Å². The minimum absolute atomic E-state index is 0.0144. The van der Waals surface area contributed by atoms with Gasteiger partial charge in [0.1, 0.15) is 11.3 Å². The van der Waals surface area contributed by atoms with Crippen LogP contribution in [0.15, 0.2) is 72.3 Å². The molecule has 0 unspecified atom stereocenters. The lowest BCUT2D eigenvalue weighted by atomic mass is 10.0. The summed E-state index contributed by atoms with van der Waals surface area (Å²) < 4.78 is 5.63. The van der Waals surface area contributed by atoms with E-state index in [2.05, 4.69) is 18.7 Å². The van der Waals surface area contributed by atoms with Crippen LogP contribution in [0.5, 0.6) is 5.75 Å². The highest BCUT2D eigenvalue weighted by atomic mass is 35.5. The molecular formula is C28H25Cl2N3O3S. The molecule has 0 aliphatic carbocycles. The Morgan fingerprint density at radius 3 is 2.11 bits per heavy atom. The van der Waals surface area contributed by atoms with Crippen LogP contribution in [0.25, 0.3) is 6.08 Å². The zero-order valence-corrected chi connectivity index (χ0v) is 22.9. The lowest BCUT2D eigenvalue weighted by Crippen LogP contribution is -2.56. The van der Waals surface area contributed by atoms with Crippen molar-refractivity contribution in [3.05, 3.63) is 87.9 Å². The van der Waals surface area contributed by atoms with Crippen molar-refractivity contribution in [1.29, 1.82) is 0 Å². The molecule has 1 heterocycles. The van der Waals surface area contributed by atoms with Gasteiger partial charge in [0.2, 0.25) is 0 Å². The molecule has 0 saturated carbocycles. The summed E-state index contributed by atoms with van der Waals surface area (Å²) in [6.45, 7) is 5.81. The number of para-hydroxylation sites is 1. The predicted molar refractivity (Wildman–Crippen MR) is 155 cm³/mol. The Morgan fingerprint density at radius 2 is 1.51 bits per heavy atom. The topological polar surface area (TPSA) is 53.1 Å². The first-order valence-electron chi connectivity index (χ1n) is 11.7. The number of hydrogen-bond acceptors (Lipinski definition) is 5. The largest absolute Gasteiger partial charge is 0.496 e. The first kappa shape index (κ1) is 26.7. The number of thiocarbonyl (C=S) groups is 1. The van der Waals surface area contributed by atoms with Gasteiger partial charge in [0.15, 0.2) is 5.11 Å². The van der Waals surface area contributed by atoms with Crippen LogP contribution < -0.4 is 19.4 Å². The number of methoxy groups -OCH3 is 1. The fourth-order valence-corrected chi connectivity index (χ4v) is 4.82. The van der Waals surface area contributed by atoms with Gasteiger partial charge in [-0.2, -0.15) is 0 Å². The van der Waals surface area contributed by atoms with Crippen LogP contribution in [0.3, 0.4) is 0 Å². The van der Waals surface area contributed by atoms with Gasteiger partial charge in [0.25, 0.3) is 11.8 Å². The molecule has 0 atom stereocenters. The molecule has 1 fully saturated rings. The summed E-state index contributed by atoms with van der Waals surface area (Å²) in [6.07, 6.45) is 1.54. The van der Waals surface area contributed by atoms with Gasteiger partial charge in [-0.25, -0.2) is 0 Å². The third kappa shape index (κ3) is 5.21. The van der Waals surface area contributed by atoms with Crippen molar-refractivity contribution in [1.82, 2.24) is 0 Å². The number of carbonyl (C=O) groups is 2. The molecule has 1 saturated heterocycles. The van der Waals surface area contributed by atoms with Crippen molar-refractivity contribution >= 4 is 75.5 Å². The van der Waals surface area contributed by atoms with Gasteiger partial charge in [-0.05, 0) is 74.6 Å². The SMILES string of the molecule is CCN(CC)c1ccc(/C=C2\C(=O)N(c3ccccc3)C(=S)N(c3ccc(Cl)c(Cl)c3)C2=O)c(OC)c1. The Morgan fingerprint density at radius 1 is 0.865 bits per heavy atom. The molecule has 37 heavy (non-hydrogen) atoms. The van der Waals surface area contributed by atoms with Crippen molar-refractivity contribution in [3.63, 3.8) is 0 Å². The van der Waals surface area contributed by atoms with Gasteiger partial charge in [0, 0.05) is 30.4 Å². The molecule has 0 N–H and O–H groups in total. The van der Waals surface area contributed by atoms with E-state index < -0.39 is 11.8 Å². The highest BCUT2D eigenvalue weighted by molar-refractivity contribution is 7.81. The minimum atomic E-state index is -0.574. The number of halogens is 2. The molecule has 3 aromatic rings. The van der Waals surface area contributed by atoms with E-state index >= 15 is 0 Å².